The van der Waals surface area contributed by atoms with Gasteiger partial charge in [-0.1, -0.05) is 30.3 Å². The number of likely N-dealkylation sites (N-methyl/N-ethyl adjacent to an activating group) is 1. The molecule has 0 aliphatic carbocycles. The molecule has 0 unspecified atom stereocenters. The Morgan fingerprint density at radius 1 is 1.15 bits per heavy atom. The van der Waals surface area contributed by atoms with Gasteiger partial charge in [0.2, 0.25) is 5.91 Å². The Morgan fingerprint density at radius 3 is 2.52 bits per heavy atom. The van der Waals surface area contributed by atoms with Crippen LogP contribution in [0.4, 0.5) is 5.00 Å². The van der Waals surface area contributed by atoms with E-state index in [0.717, 1.165) is 37.3 Å². The molecule has 7 heteroatoms. The summed E-state index contributed by atoms with van der Waals surface area (Å²) in [7, 11) is 2.08. The van der Waals surface area contributed by atoms with Crippen LogP contribution in [0.3, 0.4) is 0 Å². The normalized spacial score (nSPS) is 15.5. The Morgan fingerprint density at radius 2 is 1.85 bits per heavy atom. The standard InChI is InChI=1S/C20H25N3O3S/c1-3-26-20(25)18-16(15-7-5-4-6-8-15)14-27-19(18)21-17(24)13-23-11-9-22(2)10-12-23/h4-8,14H,3,9-13H2,1-2H3,(H,21,24). The van der Waals surface area contributed by atoms with Gasteiger partial charge in [-0.15, -0.1) is 11.3 Å². The van der Waals surface area contributed by atoms with Crippen molar-refractivity contribution in [1.82, 2.24) is 9.80 Å². The molecule has 1 saturated heterocycles. The molecule has 0 saturated carbocycles. The lowest BCUT2D eigenvalue weighted by atomic mass is 10.0. The number of esters is 1. The van der Waals surface area contributed by atoms with Crippen molar-refractivity contribution in [3.63, 3.8) is 0 Å². The topological polar surface area (TPSA) is 61.9 Å². The highest BCUT2D eigenvalue weighted by atomic mass is 32.1. The molecule has 0 atom stereocenters. The Bertz CT molecular complexity index is 783. The van der Waals surface area contributed by atoms with Crippen LogP contribution in [0.2, 0.25) is 0 Å². The van der Waals surface area contributed by atoms with Crippen LogP contribution in [0.5, 0.6) is 0 Å². The summed E-state index contributed by atoms with van der Waals surface area (Å²) >= 11 is 1.36. The Hall–Kier alpha value is -2.22. The van der Waals surface area contributed by atoms with Crippen molar-refractivity contribution in [2.24, 2.45) is 0 Å². The number of anilines is 1. The molecule has 1 aliphatic heterocycles. The molecule has 144 valence electrons. The zero-order valence-corrected chi connectivity index (χ0v) is 16.6. The number of amides is 1. The largest absolute Gasteiger partial charge is 0.462 e. The van der Waals surface area contributed by atoms with E-state index < -0.39 is 5.97 Å². The predicted molar refractivity (Wildman–Crippen MR) is 108 cm³/mol. The highest BCUT2D eigenvalue weighted by Crippen LogP contribution is 2.36. The van der Waals surface area contributed by atoms with Gasteiger partial charge in [-0.05, 0) is 19.5 Å². The summed E-state index contributed by atoms with van der Waals surface area (Å²) in [6.45, 7) is 6.05. The van der Waals surface area contributed by atoms with E-state index in [-0.39, 0.29) is 12.5 Å². The fraction of sp³-hybridized carbons (Fsp3) is 0.400. The van der Waals surface area contributed by atoms with Crippen LogP contribution in [-0.2, 0) is 9.53 Å². The van der Waals surface area contributed by atoms with E-state index in [1.54, 1.807) is 6.92 Å². The van der Waals surface area contributed by atoms with E-state index in [9.17, 15) is 9.59 Å². The molecule has 2 aromatic rings. The number of nitrogens with zero attached hydrogens (tertiary/aromatic N) is 2. The Kier molecular flexibility index (Phi) is 6.60. The first-order valence-electron chi connectivity index (χ1n) is 9.13. The molecule has 0 spiro atoms. The molecule has 27 heavy (non-hydrogen) atoms. The third-order valence-corrected chi connectivity index (χ3v) is 5.47. The number of carbonyl (C=O) groups is 2. The van der Waals surface area contributed by atoms with Gasteiger partial charge in [0.1, 0.15) is 10.6 Å². The SMILES string of the molecule is CCOC(=O)c1c(-c2ccccc2)csc1NC(=O)CN1CCN(C)CC1. The minimum Gasteiger partial charge on any atom is -0.462 e. The Balaban J connectivity index is 1.77. The van der Waals surface area contributed by atoms with Gasteiger partial charge in [0, 0.05) is 37.1 Å². The van der Waals surface area contributed by atoms with E-state index in [0.29, 0.717) is 17.1 Å². The number of piperazine rings is 1. The maximum atomic E-state index is 12.5. The summed E-state index contributed by atoms with van der Waals surface area (Å²) < 4.78 is 5.23. The zero-order chi connectivity index (χ0) is 19.2. The number of nitrogens with one attached hydrogen (secondary N) is 1. The molecule has 1 aromatic carbocycles. The van der Waals surface area contributed by atoms with Crippen LogP contribution >= 0.6 is 11.3 Å². The van der Waals surface area contributed by atoms with Crippen LogP contribution < -0.4 is 5.32 Å². The second-order valence-corrected chi connectivity index (χ2v) is 7.45. The molecule has 3 rings (SSSR count). The Labute approximate surface area is 163 Å². The molecule has 1 N–H and O–H groups in total. The van der Waals surface area contributed by atoms with Crippen molar-refractivity contribution in [3.8, 4) is 11.1 Å². The molecule has 1 aliphatic rings. The van der Waals surface area contributed by atoms with Crippen LogP contribution in [0.25, 0.3) is 11.1 Å². The van der Waals surface area contributed by atoms with Crippen LogP contribution in [0.1, 0.15) is 17.3 Å². The summed E-state index contributed by atoms with van der Waals surface area (Å²) in [6, 6.07) is 9.67. The summed E-state index contributed by atoms with van der Waals surface area (Å²) in [4.78, 5) is 29.5. The van der Waals surface area contributed by atoms with Crippen molar-refractivity contribution >= 4 is 28.2 Å². The second kappa shape index (κ2) is 9.12. The number of carbonyl (C=O) groups excluding carboxylic acids is 2. The lowest BCUT2D eigenvalue weighted by Gasteiger charge is -2.31. The summed E-state index contributed by atoms with van der Waals surface area (Å²) in [5, 5.41) is 5.37. The number of ether oxygens (including phenoxy) is 1. The van der Waals surface area contributed by atoms with Gasteiger partial charge in [-0.2, -0.15) is 0 Å². The zero-order valence-electron chi connectivity index (χ0n) is 15.7. The maximum Gasteiger partial charge on any atom is 0.341 e. The van der Waals surface area contributed by atoms with Gasteiger partial charge in [0.25, 0.3) is 0 Å². The molecule has 1 aromatic heterocycles. The second-order valence-electron chi connectivity index (χ2n) is 6.57. The smallest absolute Gasteiger partial charge is 0.341 e. The van der Waals surface area contributed by atoms with Crippen LogP contribution in [-0.4, -0.2) is 68.1 Å². The van der Waals surface area contributed by atoms with Gasteiger partial charge in [-0.25, -0.2) is 4.79 Å². The van der Waals surface area contributed by atoms with Crippen molar-refractivity contribution in [3.05, 3.63) is 41.3 Å². The first-order valence-corrected chi connectivity index (χ1v) is 10.0. The average Bonchev–Trinajstić information content (AvgIpc) is 3.08. The van der Waals surface area contributed by atoms with Gasteiger partial charge < -0.3 is 15.0 Å². The van der Waals surface area contributed by atoms with Gasteiger partial charge in [-0.3, -0.25) is 9.69 Å². The predicted octanol–water partition coefficient (Wildman–Crippen LogP) is 2.78. The highest BCUT2D eigenvalue weighted by molar-refractivity contribution is 7.15. The summed E-state index contributed by atoms with van der Waals surface area (Å²) in [5.74, 6) is -0.515. The number of hydrogen-bond donors (Lipinski definition) is 1. The minimum absolute atomic E-state index is 0.105. The van der Waals surface area contributed by atoms with Crippen molar-refractivity contribution in [1.29, 1.82) is 0 Å². The molecular weight excluding hydrogens is 362 g/mol. The molecule has 0 radical (unpaired) electrons. The lowest BCUT2D eigenvalue weighted by molar-refractivity contribution is -0.117. The number of thiophene rings is 1. The maximum absolute atomic E-state index is 12.5. The first-order chi connectivity index (χ1) is 13.1. The van der Waals surface area contributed by atoms with Crippen molar-refractivity contribution < 1.29 is 14.3 Å². The monoisotopic (exact) mass is 387 g/mol. The molecule has 1 amide bonds. The minimum atomic E-state index is -0.410. The van der Waals surface area contributed by atoms with E-state index in [2.05, 4.69) is 22.2 Å². The van der Waals surface area contributed by atoms with Crippen molar-refractivity contribution in [2.75, 3.05) is 51.7 Å². The number of benzene rings is 1. The molecule has 6 nitrogen and oxygen atoms in total. The molecule has 2 heterocycles. The van der Waals surface area contributed by atoms with E-state index in [4.69, 9.17) is 4.74 Å². The van der Waals surface area contributed by atoms with E-state index >= 15 is 0 Å². The lowest BCUT2D eigenvalue weighted by Crippen LogP contribution is -2.47. The fourth-order valence-electron chi connectivity index (χ4n) is 3.06. The van der Waals surface area contributed by atoms with Crippen LogP contribution in [0, 0.1) is 0 Å². The number of rotatable bonds is 6. The molecule has 1 fully saturated rings. The third-order valence-electron chi connectivity index (χ3n) is 4.57. The van der Waals surface area contributed by atoms with Gasteiger partial charge in [0.15, 0.2) is 0 Å². The van der Waals surface area contributed by atoms with Gasteiger partial charge >= 0.3 is 5.97 Å². The fourth-order valence-corrected chi connectivity index (χ4v) is 4.03. The van der Waals surface area contributed by atoms with E-state index in [1.807, 2.05) is 35.7 Å². The molecular formula is C20H25N3O3S. The first kappa shape index (κ1) is 19.5. The molecule has 0 bridgehead atoms. The third kappa shape index (κ3) is 4.94. The van der Waals surface area contributed by atoms with Crippen LogP contribution in [0.15, 0.2) is 35.7 Å². The van der Waals surface area contributed by atoms with E-state index in [1.165, 1.54) is 11.3 Å². The summed E-state index contributed by atoms with van der Waals surface area (Å²) in [6.07, 6.45) is 0. The highest BCUT2D eigenvalue weighted by Gasteiger charge is 2.24. The van der Waals surface area contributed by atoms with Crippen molar-refractivity contribution in [2.45, 2.75) is 6.92 Å². The average molecular weight is 388 g/mol. The summed E-state index contributed by atoms with van der Waals surface area (Å²) in [5.41, 5.74) is 2.14. The van der Waals surface area contributed by atoms with Gasteiger partial charge in [0.05, 0.1) is 13.2 Å². The quantitative estimate of drug-likeness (QED) is 0.773. The number of hydrogen-bond acceptors (Lipinski definition) is 6.